The third-order valence-electron chi connectivity index (χ3n) is 2.56. The lowest BCUT2D eigenvalue weighted by Gasteiger charge is -2.05. The van der Waals surface area contributed by atoms with E-state index in [9.17, 15) is 0 Å². The number of nitrogens with two attached hydrogens (primary N) is 1. The first-order chi connectivity index (χ1) is 6.81. The highest BCUT2D eigenvalue weighted by atomic mass is 32.2. The molecule has 14 heavy (non-hydrogen) atoms. The van der Waals surface area contributed by atoms with E-state index in [1.807, 2.05) is 11.8 Å². The molecule has 1 fully saturated rings. The molecule has 2 N–H and O–H groups in total. The molecule has 0 radical (unpaired) electrons. The van der Waals surface area contributed by atoms with Gasteiger partial charge in [-0.1, -0.05) is 6.92 Å². The zero-order valence-electron chi connectivity index (χ0n) is 8.40. The van der Waals surface area contributed by atoms with E-state index in [4.69, 9.17) is 5.73 Å². The maximum atomic E-state index is 5.94. The molecule has 0 bridgehead atoms. The largest absolute Gasteiger partial charge is 0.323 e. The van der Waals surface area contributed by atoms with E-state index in [1.54, 1.807) is 11.3 Å². The molecule has 0 amide bonds. The van der Waals surface area contributed by atoms with Crippen LogP contribution in [0.4, 0.5) is 0 Å². The van der Waals surface area contributed by atoms with Gasteiger partial charge in [0.1, 0.15) is 5.01 Å². The lowest BCUT2D eigenvalue weighted by molar-refractivity contribution is 0.675. The molecule has 0 saturated carbocycles. The molecule has 0 aromatic carbocycles. The van der Waals surface area contributed by atoms with Gasteiger partial charge in [-0.05, 0) is 25.0 Å². The van der Waals surface area contributed by atoms with Crippen LogP contribution in [0.1, 0.15) is 48.2 Å². The van der Waals surface area contributed by atoms with Crippen LogP contribution in [0.25, 0.3) is 0 Å². The number of rotatable bonds is 3. The van der Waals surface area contributed by atoms with Gasteiger partial charge in [-0.3, -0.25) is 0 Å². The summed E-state index contributed by atoms with van der Waals surface area (Å²) in [4.78, 5) is 4.64. The van der Waals surface area contributed by atoms with Gasteiger partial charge in [0.15, 0.2) is 0 Å². The molecule has 0 spiro atoms. The van der Waals surface area contributed by atoms with Gasteiger partial charge in [0.05, 0.1) is 10.9 Å². The summed E-state index contributed by atoms with van der Waals surface area (Å²) >= 11 is 3.81. The molecule has 2 atom stereocenters. The fraction of sp³-hybridized carbons (Fsp3) is 0.700. The Morgan fingerprint density at radius 3 is 3.21 bits per heavy atom. The summed E-state index contributed by atoms with van der Waals surface area (Å²) in [6.45, 7) is 2.11. The molecule has 78 valence electrons. The Labute approximate surface area is 93.3 Å². The summed E-state index contributed by atoms with van der Waals surface area (Å²) in [6, 6.07) is 0.131. The normalized spacial score (nSPS) is 24.0. The molecule has 1 saturated heterocycles. The average Bonchev–Trinajstić information content (AvgIpc) is 2.86. The Morgan fingerprint density at radius 1 is 1.71 bits per heavy atom. The zero-order valence-corrected chi connectivity index (χ0v) is 10.0. The second-order valence-corrected chi connectivity index (χ2v) is 5.83. The van der Waals surface area contributed by atoms with Crippen LogP contribution >= 0.6 is 23.1 Å². The van der Waals surface area contributed by atoms with E-state index in [1.165, 1.54) is 23.6 Å². The van der Waals surface area contributed by atoms with Crippen molar-refractivity contribution in [2.75, 3.05) is 5.75 Å². The van der Waals surface area contributed by atoms with E-state index < -0.39 is 0 Å². The van der Waals surface area contributed by atoms with Crippen molar-refractivity contribution in [3.05, 3.63) is 16.1 Å². The Hall–Kier alpha value is -0.0600. The van der Waals surface area contributed by atoms with Crippen LogP contribution in [0.5, 0.6) is 0 Å². The fourth-order valence-electron chi connectivity index (χ4n) is 1.60. The lowest BCUT2D eigenvalue weighted by Crippen LogP contribution is -2.09. The van der Waals surface area contributed by atoms with E-state index in [-0.39, 0.29) is 6.04 Å². The number of thioether (sulfide) groups is 1. The van der Waals surface area contributed by atoms with Gasteiger partial charge in [0.2, 0.25) is 0 Å². The third-order valence-corrected chi connectivity index (χ3v) is 5.08. The van der Waals surface area contributed by atoms with E-state index in [0.717, 1.165) is 12.1 Å². The molecular formula is C10H16N2S2. The summed E-state index contributed by atoms with van der Waals surface area (Å²) in [5.41, 5.74) is 7.03. The van der Waals surface area contributed by atoms with Crippen LogP contribution in [0.3, 0.4) is 0 Å². The summed E-state index contributed by atoms with van der Waals surface area (Å²) in [7, 11) is 0. The molecule has 1 aromatic rings. The summed E-state index contributed by atoms with van der Waals surface area (Å²) in [5.74, 6) is 1.29. The van der Waals surface area contributed by atoms with E-state index >= 15 is 0 Å². The molecular weight excluding hydrogens is 212 g/mol. The number of thiazole rings is 1. The molecule has 2 heterocycles. The monoisotopic (exact) mass is 228 g/mol. The van der Waals surface area contributed by atoms with Crippen LogP contribution in [0, 0.1) is 0 Å². The highest BCUT2D eigenvalue weighted by Crippen LogP contribution is 2.41. The molecule has 4 heteroatoms. The molecule has 1 aliphatic heterocycles. The van der Waals surface area contributed by atoms with Crippen molar-refractivity contribution < 1.29 is 0 Å². The summed E-state index contributed by atoms with van der Waals surface area (Å²) in [6.07, 6.45) is 3.60. The van der Waals surface area contributed by atoms with Crippen molar-refractivity contribution in [2.45, 2.75) is 37.5 Å². The lowest BCUT2D eigenvalue weighted by atomic mass is 10.2. The maximum absolute atomic E-state index is 5.94. The minimum absolute atomic E-state index is 0.131. The molecule has 2 rings (SSSR count). The zero-order chi connectivity index (χ0) is 9.97. The number of aromatic nitrogens is 1. The Kier molecular flexibility index (Phi) is 3.47. The van der Waals surface area contributed by atoms with Crippen LogP contribution in [0.15, 0.2) is 5.38 Å². The van der Waals surface area contributed by atoms with Gasteiger partial charge in [-0.15, -0.1) is 11.3 Å². The first-order valence-electron chi connectivity index (χ1n) is 5.13. The standard InChI is InChI=1S/C10H16N2S2/c1-2-7(11)8-6-14-10(12-8)9-4-3-5-13-9/h6-7,9H,2-5,11H2,1H3. The van der Waals surface area contributed by atoms with Gasteiger partial charge < -0.3 is 5.73 Å². The van der Waals surface area contributed by atoms with Crippen molar-refractivity contribution in [2.24, 2.45) is 5.73 Å². The Bertz CT molecular complexity index is 292. The first-order valence-corrected chi connectivity index (χ1v) is 7.06. The van der Waals surface area contributed by atoms with E-state index in [0.29, 0.717) is 5.25 Å². The van der Waals surface area contributed by atoms with Crippen molar-refractivity contribution in [3.8, 4) is 0 Å². The fourth-order valence-corrected chi connectivity index (χ4v) is 4.01. The Morgan fingerprint density at radius 2 is 2.57 bits per heavy atom. The third kappa shape index (κ3) is 2.12. The van der Waals surface area contributed by atoms with Gasteiger partial charge >= 0.3 is 0 Å². The van der Waals surface area contributed by atoms with Gasteiger partial charge in [0.25, 0.3) is 0 Å². The topological polar surface area (TPSA) is 38.9 Å². The van der Waals surface area contributed by atoms with Crippen LogP contribution in [0.2, 0.25) is 0 Å². The highest BCUT2D eigenvalue weighted by Gasteiger charge is 2.21. The quantitative estimate of drug-likeness (QED) is 0.864. The van der Waals surface area contributed by atoms with Crippen molar-refractivity contribution in [1.29, 1.82) is 0 Å². The number of nitrogens with zero attached hydrogens (tertiary/aromatic N) is 1. The second-order valence-electron chi connectivity index (χ2n) is 3.63. The minimum atomic E-state index is 0.131. The summed E-state index contributed by atoms with van der Waals surface area (Å²) in [5, 5.41) is 4.06. The Balaban J connectivity index is 2.08. The molecule has 1 aliphatic rings. The molecule has 2 unspecified atom stereocenters. The average molecular weight is 228 g/mol. The van der Waals surface area contributed by atoms with Crippen molar-refractivity contribution in [1.82, 2.24) is 4.98 Å². The van der Waals surface area contributed by atoms with Crippen molar-refractivity contribution >= 4 is 23.1 Å². The molecule has 2 nitrogen and oxygen atoms in total. The SMILES string of the molecule is CCC(N)c1csc(C2CCCS2)n1. The minimum Gasteiger partial charge on any atom is -0.323 e. The summed E-state index contributed by atoms with van der Waals surface area (Å²) < 4.78 is 0. The van der Waals surface area contributed by atoms with Crippen LogP contribution in [-0.2, 0) is 0 Å². The predicted octanol–water partition coefficient (Wildman–Crippen LogP) is 3.12. The van der Waals surface area contributed by atoms with Crippen molar-refractivity contribution in [3.63, 3.8) is 0 Å². The van der Waals surface area contributed by atoms with Gasteiger partial charge in [0, 0.05) is 11.4 Å². The predicted molar refractivity (Wildman–Crippen MR) is 63.8 cm³/mol. The maximum Gasteiger partial charge on any atom is 0.106 e. The van der Waals surface area contributed by atoms with Crippen LogP contribution in [-0.4, -0.2) is 10.7 Å². The van der Waals surface area contributed by atoms with Gasteiger partial charge in [-0.2, -0.15) is 11.8 Å². The second kappa shape index (κ2) is 4.64. The van der Waals surface area contributed by atoms with Crippen LogP contribution < -0.4 is 5.73 Å². The molecule has 0 aliphatic carbocycles. The molecule has 1 aromatic heterocycles. The highest BCUT2D eigenvalue weighted by molar-refractivity contribution is 7.99. The van der Waals surface area contributed by atoms with E-state index in [2.05, 4.69) is 17.3 Å². The van der Waals surface area contributed by atoms with Gasteiger partial charge in [-0.25, -0.2) is 4.98 Å². The first kappa shape index (κ1) is 10.5. The number of hydrogen-bond donors (Lipinski definition) is 1. The smallest absolute Gasteiger partial charge is 0.106 e. The number of hydrogen-bond acceptors (Lipinski definition) is 4.